The summed E-state index contributed by atoms with van der Waals surface area (Å²) in [5, 5.41) is 0. The maximum absolute atomic E-state index is 5.26. The molecular weight excluding hydrogens is 228 g/mol. The fraction of sp³-hybridized carbons (Fsp3) is 0.462. The second-order valence-corrected chi connectivity index (χ2v) is 4.77. The summed E-state index contributed by atoms with van der Waals surface area (Å²) in [5.74, 6) is 1.000. The fourth-order valence-corrected chi connectivity index (χ4v) is 2.44. The molecule has 0 bridgehead atoms. The number of likely N-dealkylation sites (tertiary alicyclic amines) is 1. The number of nitrogens with zero attached hydrogens (tertiary/aromatic N) is 4. The summed E-state index contributed by atoms with van der Waals surface area (Å²) in [5.41, 5.74) is 1.75. The molecule has 2 aromatic heterocycles. The summed E-state index contributed by atoms with van der Waals surface area (Å²) in [6.07, 6.45) is 9.12. The van der Waals surface area contributed by atoms with E-state index in [0.717, 1.165) is 12.2 Å². The lowest BCUT2D eigenvalue weighted by Gasteiger charge is -2.29. The molecule has 94 valence electrons. The van der Waals surface area contributed by atoms with Crippen molar-refractivity contribution in [2.75, 3.05) is 20.1 Å². The molecule has 5 nitrogen and oxygen atoms in total. The molecule has 5 heteroatoms. The van der Waals surface area contributed by atoms with Crippen LogP contribution in [0.3, 0.4) is 0 Å². The molecule has 0 amide bonds. The maximum Gasteiger partial charge on any atom is 0.246 e. The first kappa shape index (κ1) is 11.3. The molecular formula is C13H16N4O. The second-order valence-electron chi connectivity index (χ2n) is 4.77. The van der Waals surface area contributed by atoms with E-state index in [-0.39, 0.29) is 0 Å². The molecule has 3 rings (SSSR count). The van der Waals surface area contributed by atoms with Crippen LogP contribution >= 0.6 is 0 Å². The van der Waals surface area contributed by atoms with Crippen LogP contribution in [0.4, 0.5) is 0 Å². The van der Waals surface area contributed by atoms with Gasteiger partial charge in [-0.25, -0.2) is 9.97 Å². The number of oxazole rings is 1. The van der Waals surface area contributed by atoms with Crippen LogP contribution in [-0.4, -0.2) is 40.0 Å². The van der Waals surface area contributed by atoms with Crippen LogP contribution in [0, 0.1) is 0 Å². The standard InChI is InChI=1S/C13H16N4O/c1-17-5-2-3-10(9-17)11-7-14-8-12(16-11)13-15-4-6-18-13/h4,6-8,10H,2-3,5,9H2,1H3/t10-/m0/s1. The molecule has 0 spiro atoms. The third-order valence-electron chi connectivity index (χ3n) is 3.35. The molecule has 1 fully saturated rings. The van der Waals surface area contributed by atoms with Gasteiger partial charge in [0.1, 0.15) is 12.0 Å². The molecule has 2 aromatic rings. The van der Waals surface area contributed by atoms with Crippen molar-refractivity contribution in [3.05, 3.63) is 30.5 Å². The zero-order valence-corrected chi connectivity index (χ0v) is 10.4. The van der Waals surface area contributed by atoms with Crippen molar-refractivity contribution in [2.45, 2.75) is 18.8 Å². The molecule has 1 aliphatic rings. The minimum absolute atomic E-state index is 0.464. The lowest BCUT2D eigenvalue weighted by molar-refractivity contribution is 0.248. The molecule has 1 atom stereocenters. The first-order valence-corrected chi connectivity index (χ1v) is 6.23. The van der Waals surface area contributed by atoms with E-state index in [2.05, 4.69) is 26.9 Å². The first-order chi connectivity index (χ1) is 8.83. The van der Waals surface area contributed by atoms with Gasteiger partial charge < -0.3 is 9.32 Å². The van der Waals surface area contributed by atoms with Gasteiger partial charge in [-0.05, 0) is 26.4 Å². The molecule has 1 saturated heterocycles. The van der Waals surface area contributed by atoms with Crippen molar-refractivity contribution in [1.82, 2.24) is 19.9 Å². The highest BCUT2D eigenvalue weighted by Crippen LogP contribution is 2.25. The summed E-state index contributed by atoms with van der Waals surface area (Å²) in [6, 6.07) is 0. The Kier molecular flexibility index (Phi) is 3.06. The highest BCUT2D eigenvalue weighted by Gasteiger charge is 2.21. The minimum Gasteiger partial charge on any atom is -0.443 e. The number of hydrogen-bond donors (Lipinski definition) is 0. The van der Waals surface area contributed by atoms with Crippen molar-refractivity contribution < 1.29 is 4.42 Å². The van der Waals surface area contributed by atoms with Gasteiger partial charge in [0.15, 0.2) is 0 Å². The van der Waals surface area contributed by atoms with E-state index in [0.29, 0.717) is 17.5 Å². The van der Waals surface area contributed by atoms with Gasteiger partial charge in [-0.15, -0.1) is 0 Å². The quantitative estimate of drug-likeness (QED) is 0.808. The summed E-state index contributed by atoms with van der Waals surface area (Å²) in [6.45, 7) is 2.22. The lowest BCUT2D eigenvalue weighted by Crippen LogP contribution is -2.31. The predicted octanol–water partition coefficient (Wildman–Crippen LogP) is 1.94. The van der Waals surface area contributed by atoms with Crippen LogP contribution in [0.15, 0.2) is 29.3 Å². The zero-order chi connectivity index (χ0) is 12.4. The van der Waals surface area contributed by atoms with Gasteiger partial charge in [0.05, 0.1) is 18.1 Å². The first-order valence-electron chi connectivity index (χ1n) is 6.23. The maximum atomic E-state index is 5.26. The van der Waals surface area contributed by atoms with E-state index in [4.69, 9.17) is 4.42 Å². The van der Waals surface area contributed by atoms with E-state index >= 15 is 0 Å². The highest BCUT2D eigenvalue weighted by atomic mass is 16.3. The van der Waals surface area contributed by atoms with Crippen LogP contribution < -0.4 is 0 Å². The van der Waals surface area contributed by atoms with E-state index in [9.17, 15) is 0 Å². The van der Waals surface area contributed by atoms with Crippen LogP contribution in [0.2, 0.25) is 0 Å². The third-order valence-corrected chi connectivity index (χ3v) is 3.35. The SMILES string of the molecule is CN1CCC[C@H](c2cncc(-c3ncco3)n2)C1. The summed E-state index contributed by atoms with van der Waals surface area (Å²) < 4.78 is 5.26. The molecule has 0 saturated carbocycles. The minimum atomic E-state index is 0.464. The van der Waals surface area contributed by atoms with E-state index in [1.807, 2.05) is 6.20 Å². The summed E-state index contributed by atoms with van der Waals surface area (Å²) in [4.78, 5) is 15.3. The van der Waals surface area contributed by atoms with Crippen LogP contribution in [-0.2, 0) is 0 Å². The van der Waals surface area contributed by atoms with E-state index in [1.54, 1.807) is 18.7 Å². The van der Waals surface area contributed by atoms with Crippen molar-refractivity contribution >= 4 is 0 Å². The molecule has 0 N–H and O–H groups in total. The molecule has 0 unspecified atom stereocenters. The van der Waals surface area contributed by atoms with Crippen LogP contribution in [0.25, 0.3) is 11.6 Å². The topological polar surface area (TPSA) is 55.1 Å². The average Bonchev–Trinajstić information content (AvgIpc) is 2.93. The number of piperidine rings is 1. The molecule has 1 aliphatic heterocycles. The molecule has 3 heterocycles. The van der Waals surface area contributed by atoms with Crippen molar-refractivity contribution in [3.63, 3.8) is 0 Å². The third kappa shape index (κ3) is 2.26. The Bertz CT molecular complexity index is 511. The number of hydrogen-bond acceptors (Lipinski definition) is 5. The second kappa shape index (κ2) is 4.86. The Hall–Kier alpha value is -1.75. The average molecular weight is 244 g/mol. The van der Waals surface area contributed by atoms with Crippen molar-refractivity contribution in [1.29, 1.82) is 0 Å². The van der Waals surface area contributed by atoms with Crippen molar-refractivity contribution in [2.24, 2.45) is 0 Å². The van der Waals surface area contributed by atoms with Gasteiger partial charge in [0, 0.05) is 18.7 Å². The summed E-state index contributed by atoms with van der Waals surface area (Å²) in [7, 11) is 2.15. The highest BCUT2D eigenvalue weighted by molar-refractivity contribution is 5.44. The van der Waals surface area contributed by atoms with Crippen LogP contribution in [0.1, 0.15) is 24.5 Å². The fourth-order valence-electron chi connectivity index (χ4n) is 2.44. The molecule has 0 aromatic carbocycles. The number of rotatable bonds is 2. The van der Waals surface area contributed by atoms with Crippen molar-refractivity contribution in [3.8, 4) is 11.6 Å². The normalized spacial score (nSPS) is 21.1. The molecule has 18 heavy (non-hydrogen) atoms. The van der Waals surface area contributed by atoms with E-state index in [1.165, 1.54) is 19.4 Å². The zero-order valence-electron chi connectivity index (χ0n) is 10.4. The van der Waals surface area contributed by atoms with Gasteiger partial charge in [-0.3, -0.25) is 4.98 Å². The van der Waals surface area contributed by atoms with Gasteiger partial charge in [-0.1, -0.05) is 0 Å². The predicted molar refractivity (Wildman–Crippen MR) is 67.0 cm³/mol. The largest absolute Gasteiger partial charge is 0.443 e. The molecule has 0 aliphatic carbocycles. The monoisotopic (exact) mass is 244 g/mol. The van der Waals surface area contributed by atoms with Gasteiger partial charge >= 0.3 is 0 Å². The van der Waals surface area contributed by atoms with Gasteiger partial charge in [0.2, 0.25) is 5.89 Å². The van der Waals surface area contributed by atoms with Crippen LogP contribution in [0.5, 0.6) is 0 Å². The number of aromatic nitrogens is 3. The Balaban J connectivity index is 1.86. The van der Waals surface area contributed by atoms with E-state index < -0.39 is 0 Å². The lowest BCUT2D eigenvalue weighted by atomic mass is 9.95. The summed E-state index contributed by atoms with van der Waals surface area (Å²) >= 11 is 0. The van der Waals surface area contributed by atoms with Gasteiger partial charge in [0.25, 0.3) is 0 Å². The Labute approximate surface area is 106 Å². The number of likely N-dealkylation sites (N-methyl/N-ethyl adjacent to an activating group) is 1. The molecule has 0 radical (unpaired) electrons. The Morgan fingerprint density at radius 1 is 1.39 bits per heavy atom. The smallest absolute Gasteiger partial charge is 0.246 e. The Morgan fingerprint density at radius 3 is 3.11 bits per heavy atom. The van der Waals surface area contributed by atoms with Gasteiger partial charge in [-0.2, -0.15) is 0 Å². The Morgan fingerprint density at radius 2 is 2.33 bits per heavy atom.